The van der Waals surface area contributed by atoms with Crippen LogP contribution in [0.4, 0.5) is 4.79 Å². The highest BCUT2D eigenvalue weighted by Crippen LogP contribution is 2.14. The normalized spacial score (nSPS) is 12.5. The van der Waals surface area contributed by atoms with Crippen molar-refractivity contribution < 1.29 is 19.1 Å². The third-order valence-electron chi connectivity index (χ3n) is 3.02. The van der Waals surface area contributed by atoms with Crippen LogP contribution in [-0.4, -0.2) is 40.1 Å². The molecule has 0 saturated carbocycles. The number of carbonyl (C=O) groups is 2. The number of rotatable bonds is 6. The first kappa shape index (κ1) is 17.0. The lowest BCUT2D eigenvalue weighted by atomic mass is 10.1. The molecule has 0 aliphatic carbocycles. The number of aliphatic carboxylic acids is 1. The molecular formula is C14H23N3O4. The fourth-order valence-electron chi connectivity index (χ4n) is 1.73. The molecule has 0 fully saturated rings. The maximum Gasteiger partial charge on any atom is 0.326 e. The minimum atomic E-state index is -1.05. The first-order valence-corrected chi connectivity index (χ1v) is 6.91. The van der Waals surface area contributed by atoms with Crippen LogP contribution in [0.3, 0.4) is 0 Å². The van der Waals surface area contributed by atoms with Crippen LogP contribution >= 0.6 is 0 Å². The van der Waals surface area contributed by atoms with E-state index in [4.69, 9.17) is 9.52 Å². The van der Waals surface area contributed by atoms with Gasteiger partial charge in [-0.1, -0.05) is 27.7 Å². The predicted molar refractivity (Wildman–Crippen MR) is 76.9 cm³/mol. The van der Waals surface area contributed by atoms with Crippen molar-refractivity contribution in [2.24, 2.45) is 5.92 Å². The molecule has 0 bridgehead atoms. The van der Waals surface area contributed by atoms with Crippen LogP contribution in [0.25, 0.3) is 0 Å². The van der Waals surface area contributed by atoms with E-state index in [2.05, 4.69) is 10.3 Å². The van der Waals surface area contributed by atoms with E-state index in [0.29, 0.717) is 11.6 Å². The van der Waals surface area contributed by atoms with Crippen molar-refractivity contribution in [3.05, 3.63) is 17.8 Å². The topological polar surface area (TPSA) is 95.7 Å². The Bertz CT molecular complexity index is 496. The maximum absolute atomic E-state index is 12.0. The fraction of sp³-hybridized carbons (Fsp3) is 0.643. The molecule has 1 rings (SSSR count). The van der Waals surface area contributed by atoms with Gasteiger partial charge in [0.2, 0.25) is 0 Å². The highest BCUT2D eigenvalue weighted by molar-refractivity contribution is 5.82. The number of oxazole rings is 1. The Kier molecular flexibility index (Phi) is 5.75. The second-order valence-electron chi connectivity index (χ2n) is 5.70. The molecule has 118 valence electrons. The minimum absolute atomic E-state index is 0.176. The molecule has 1 aromatic rings. The summed E-state index contributed by atoms with van der Waals surface area (Å²) >= 11 is 0. The van der Waals surface area contributed by atoms with Crippen LogP contribution in [0.15, 0.2) is 10.7 Å². The van der Waals surface area contributed by atoms with Gasteiger partial charge in [0.15, 0.2) is 5.89 Å². The quantitative estimate of drug-likeness (QED) is 0.837. The summed E-state index contributed by atoms with van der Waals surface area (Å²) in [6.45, 7) is 7.67. The Morgan fingerprint density at radius 1 is 1.38 bits per heavy atom. The van der Waals surface area contributed by atoms with Gasteiger partial charge in [0.1, 0.15) is 12.3 Å². The van der Waals surface area contributed by atoms with Crippen molar-refractivity contribution in [2.75, 3.05) is 7.05 Å². The van der Waals surface area contributed by atoms with Gasteiger partial charge in [0, 0.05) is 13.0 Å². The van der Waals surface area contributed by atoms with Gasteiger partial charge in [-0.15, -0.1) is 0 Å². The molecule has 2 N–H and O–H groups in total. The van der Waals surface area contributed by atoms with Gasteiger partial charge >= 0.3 is 12.0 Å². The number of nitrogens with one attached hydrogen (secondary N) is 1. The summed E-state index contributed by atoms with van der Waals surface area (Å²) in [5, 5.41) is 11.6. The predicted octanol–water partition coefficient (Wildman–Crippen LogP) is 2.05. The van der Waals surface area contributed by atoms with Crippen LogP contribution in [0.1, 0.15) is 45.2 Å². The van der Waals surface area contributed by atoms with Crippen LogP contribution in [-0.2, 0) is 11.3 Å². The van der Waals surface area contributed by atoms with E-state index in [1.165, 1.54) is 11.2 Å². The summed E-state index contributed by atoms with van der Waals surface area (Å²) in [6, 6.07) is -1.37. The maximum atomic E-state index is 12.0. The Hall–Kier alpha value is -2.05. The molecule has 0 radical (unpaired) electrons. The smallest absolute Gasteiger partial charge is 0.326 e. The number of nitrogens with zero attached hydrogens (tertiary/aromatic N) is 2. The minimum Gasteiger partial charge on any atom is -0.480 e. The first-order valence-electron chi connectivity index (χ1n) is 6.91. The van der Waals surface area contributed by atoms with E-state index in [1.807, 2.05) is 13.8 Å². The van der Waals surface area contributed by atoms with Crippen molar-refractivity contribution in [1.29, 1.82) is 0 Å². The third-order valence-corrected chi connectivity index (χ3v) is 3.02. The van der Waals surface area contributed by atoms with Gasteiger partial charge in [0.05, 0.1) is 12.2 Å². The second-order valence-corrected chi connectivity index (χ2v) is 5.70. The van der Waals surface area contributed by atoms with Crippen molar-refractivity contribution in [2.45, 2.75) is 46.2 Å². The highest BCUT2D eigenvalue weighted by atomic mass is 16.4. The van der Waals surface area contributed by atoms with E-state index >= 15 is 0 Å². The average molecular weight is 297 g/mol. The van der Waals surface area contributed by atoms with Crippen LogP contribution in [0.5, 0.6) is 0 Å². The molecule has 7 nitrogen and oxygen atoms in total. The van der Waals surface area contributed by atoms with Crippen molar-refractivity contribution in [3.63, 3.8) is 0 Å². The fourth-order valence-corrected chi connectivity index (χ4v) is 1.73. The summed E-state index contributed by atoms with van der Waals surface area (Å²) in [6.07, 6.45) is 1.51. The van der Waals surface area contributed by atoms with Gasteiger partial charge in [-0.25, -0.2) is 14.6 Å². The number of carboxylic acid groups (broad SMARTS) is 1. The van der Waals surface area contributed by atoms with E-state index < -0.39 is 18.0 Å². The van der Waals surface area contributed by atoms with Gasteiger partial charge in [-0.2, -0.15) is 0 Å². The summed E-state index contributed by atoms with van der Waals surface area (Å²) in [7, 11) is 1.58. The molecule has 0 aliphatic rings. The molecule has 1 atom stereocenters. The highest BCUT2D eigenvalue weighted by Gasteiger charge is 2.25. The molecule has 7 heteroatoms. The monoisotopic (exact) mass is 297 g/mol. The second kappa shape index (κ2) is 7.10. The van der Waals surface area contributed by atoms with Crippen LogP contribution in [0, 0.1) is 5.92 Å². The van der Waals surface area contributed by atoms with Gasteiger partial charge < -0.3 is 19.7 Å². The van der Waals surface area contributed by atoms with Gasteiger partial charge in [0.25, 0.3) is 0 Å². The lowest BCUT2D eigenvalue weighted by Gasteiger charge is -2.22. The number of hydrogen-bond acceptors (Lipinski definition) is 4. The molecule has 0 unspecified atom stereocenters. The van der Waals surface area contributed by atoms with Crippen LogP contribution in [0.2, 0.25) is 0 Å². The Morgan fingerprint density at radius 3 is 2.43 bits per heavy atom. The Morgan fingerprint density at radius 2 is 2.00 bits per heavy atom. The molecule has 2 amide bonds. The van der Waals surface area contributed by atoms with Crippen molar-refractivity contribution >= 4 is 12.0 Å². The van der Waals surface area contributed by atoms with Crippen molar-refractivity contribution in [3.8, 4) is 0 Å². The number of carboxylic acids is 1. The molecule has 1 aromatic heterocycles. The Balaban J connectivity index is 2.63. The van der Waals surface area contributed by atoms with E-state index in [9.17, 15) is 9.59 Å². The third kappa shape index (κ3) is 4.77. The molecule has 0 aliphatic heterocycles. The van der Waals surface area contributed by atoms with E-state index in [0.717, 1.165) is 0 Å². The van der Waals surface area contributed by atoms with Crippen LogP contribution < -0.4 is 5.32 Å². The number of aromatic nitrogens is 1. The van der Waals surface area contributed by atoms with E-state index in [1.54, 1.807) is 20.9 Å². The number of urea groups is 1. The average Bonchev–Trinajstić information content (AvgIpc) is 2.83. The lowest BCUT2D eigenvalue weighted by Crippen LogP contribution is -2.48. The summed E-state index contributed by atoms with van der Waals surface area (Å²) in [5.74, 6) is -0.450. The Labute approximate surface area is 124 Å². The zero-order valence-electron chi connectivity index (χ0n) is 13.1. The zero-order chi connectivity index (χ0) is 16.2. The zero-order valence-corrected chi connectivity index (χ0v) is 13.1. The standard InChI is InChI=1S/C14H23N3O4/c1-8(2)11(13(18)19)16-14(20)17(5)6-10-7-21-12(15-10)9(3)4/h7-9,11H,6H2,1-5H3,(H,16,20)(H,18,19)/t11-/m0/s1. The molecule has 21 heavy (non-hydrogen) atoms. The largest absolute Gasteiger partial charge is 0.480 e. The number of carbonyl (C=O) groups excluding carboxylic acids is 1. The molecule has 0 aromatic carbocycles. The molecular weight excluding hydrogens is 274 g/mol. The van der Waals surface area contributed by atoms with Crippen molar-refractivity contribution in [1.82, 2.24) is 15.2 Å². The van der Waals surface area contributed by atoms with Gasteiger partial charge in [-0.3, -0.25) is 0 Å². The number of amides is 2. The molecule has 0 saturated heterocycles. The summed E-state index contributed by atoms with van der Waals surface area (Å²) < 4.78 is 5.30. The summed E-state index contributed by atoms with van der Waals surface area (Å²) in [5.41, 5.74) is 0.632. The van der Waals surface area contributed by atoms with Gasteiger partial charge in [-0.05, 0) is 5.92 Å². The number of hydrogen-bond donors (Lipinski definition) is 2. The van der Waals surface area contributed by atoms with E-state index in [-0.39, 0.29) is 18.4 Å². The lowest BCUT2D eigenvalue weighted by molar-refractivity contribution is -0.140. The molecule has 1 heterocycles. The summed E-state index contributed by atoms with van der Waals surface area (Å²) in [4.78, 5) is 28.7. The first-order chi connectivity index (χ1) is 9.72. The molecule has 0 spiro atoms. The SMILES string of the molecule is CC(C)c1nc(CN(C)C(=O)N[C@H](C(=O)O)C(C)C)co1.